The molecule has 0 radical (unpaired) electrons. The van der Waals surface area contributed by atoms with Crippen molar-refractivity contribution in [2.24, 2.45) is 5.73 Å². The van der Waals surface area contributed by atoms with Crippen molar-refractivity contribution in [3.8, 4) is 5.75 Å². The third kappa shape index (κ3) is 4.70. The van der Waals surface area contributed by atoms with Crippen LogP contribution in [0.25, 0.3) is 0 Å². The summed E-state index contributed by atoms with van der Waals surface area (Å²) in [6.45, 7) is 5.50. The molecular formula is C12H21N3O3S. The second-order valence-electron chi connectivity index (χ2n) is 5.16. The SMILES string of the molecule is COc1cccc(CN)c1NS(=O)(=O)NC(C)(C)C. The first-order valence-corrected chi connectivity index (χ1v) is 7.34. The zero-order valence-corrected chi connectivity index (χ0v) is 12.5. The minimum Gasteiger partial charge on any atom is -0.495 e. The van der Waals surface area contributed by atoms with Crippen LogP contribution in [0.5, 0.6) is 5.75 Å². The summed E-state index contributed by atoms with van der Waals surface area (Å²) in [7, 11) is -2.22. The molecule has 0 heterocycles. The molecular weight excluding hydrogens is 266 g/mol. The van der Waals surface area contributed by atoms with Crippen LogP contribution in [0.3, 0.4) is 0 Å². The van der Waals surface area contributed by atoms with Gasteiger partial charge in [0, 0.05) is 12.1 Å². The van der Waals surface area contributed by atoms with E-state index >= 15 is 0 Å². The molecule has 4 N–H and O–H groups in total. The number of hydrogen-bond donors (Lipinski definition) is 3. The molecule has 1 aromatic rings. The maximum absolute atomic E-state index is 12.0. The van der Waals surface area contributed by atoms with Crippen molar-refractivity contribution in [1.29, 1.82) is 0 Å². The van der Waals surface area contributed by atoms with Crippen LogP contribution in [0.15, 0.2) is 18.2 Å². The van der Waals surface area contributed by atoms with Gasteiger partial charge < -0.3 is 10.5 Å². The molecule has 19 heavy (non-hydrogen) atoms. The van der Waals surface area contributed by atoms with Gasteiger partial charge in [-0.1, -0.05) is 12.1 Å². The monoisotopic (exact) mass is 287 g/mol. The van der Waals surface area contributed by atoms with Crippen molar-refractivity contribution in [1.82, 2.24) is 4.72 Å². The van der Waals surface area contributed by atoms with E-state index in [0.717, 1.165) is 0 Å². The molecule has 1 rings (SSSR count). The third-order valence-corrected chi connectivity index (χ3v) is 3.58. The number of nitrogens with two attached hydrogens (primary N) is 1. The van der Waals surface area contributed by atoms with E-state index in [1.807, 2.05) is 0 Å². The number of anilines is 1. The highest BCUT2D eigenvalue weighted by Gasteiger charge is 2.22. The standard InChI is InChI=1S/C12H21N3O3S/c1-12(2,3)15-19(16,17)14-11-9(8-13)6-5-7-10(11)18-4/h5-7,14-15H,8,13H2,1-4H3. The van der Waals surface area contributed by atoms with Crippen LogP contribution in [-0.4, -0.2) is 21.1 Å². The van der Waals surface area contributed by atoms with Gasteiger partial charge in [-0.2, -0.15) is 13.1 Å². The van der Waals surface area contributed by atoms with Crippen LogP contribution in [0.2, 0.25) is 0 Å². The zero-order valence-electron chi connectivity index (χ0n) is 11.6. The largest absolute Gasteiger partial charge is 0.495 e. The molecule has 0 aliphatic heterocycles. The average molecular weight is 287 g/mol. The topological polar surface area (TPSA) is 93.4 Å². The molecule has 0 atom stereocenters. The first kappa shape index (κ1) is 15.7. The Hall–Kier alpha value is -1.31. The summed E-state index contributed by atoms with van der Waals surface area (Å²) in [6.07, 6.45) is 0. The number of para-hydroxylation sites is 1. The van der Waals surface area contributed by atoms with Crippen LogP contribution in [0, 0.1) is 0 Å². The van der Waals surface area contributed by atoms with Gasteiger partial charge in [0.2, 0.25) is 0 Å². The molecule has 108 valence electrons. The number of ether oxygens (including phenoxy) is 1. The Morgan fingerprint density at radius 3 is 2.42 bits per heavy atom. The van der Waals surface area contributed by atoms with E-state index in [9.17, 15) is 8.42 Å². The van der Waals surface area contributed by atoms with Gasteiger partial charge in [-0.3, -0.25) is 4.72 Å². The van der Waals surface area contributed by atoms with Gasteiger partial charge in [0.15, 0.2) is 0 Å². The lowest BCUT2D eigenvalue weighted by Gasteiger charge is -2.22. The lowest BCUT2D eigenvalue weighted by molar-refractivity contribution is 0.416. The first-order chi connectivity index (χ1) is 8.68. The number of benzene rings is 1. The summed E-state index contributed by atoms with van der Waals surface area (Å²) in [6, 6.07) is 5.18. The quantitative estimate of drug-likeness (QED) is 0.758. The Kier molecular flexibility index (Phi) is 4.78. The highest BCUT2D eigenvalue weighted by Crippen LogP contribution is 2.29. The second-order valence-corrected chi connectivity index (χ2v) is 6.57. The fourth-order valence-electron chi connectivity index (χ4n) is 1.60. The van der Waals surface area contributed by atoms with Gasteiger partial charge in [-0.25, -0.2) is 0 Å². The van der Waals surface area contributed by atoms with E-state index in [1.54, 1.807) is 39.0 Å². The lowest BCUT2D eigenvalue weighted by atomic mass is 10.1. The molecule has 0 aliphatic carbocycles. The fourth-order valence-corrected chi connectivity index (χ4v) is 2.95. The van der Waals surface area contributed by atoms with E-state index < -0.39 is 15.7 Å². The molecule has 0 aromatic heterocycles. The van der Waals surface area contributed by atoms with E-state index in [2.05, 4.69) is 9.44 Å². The average Bonchev–Trinajstić information content (AvgIpc) is 2.25. The highest BCUT2D eigenvalue weighted by atomic mass is 32.2. The summed E-state index contributed by atoms with van der Waals surface area (Å²) in [5.41, 5.74) is 6.07. The minimum atomic E-state index is -3.69. The summed E-state index contributed by atoms with van der Waals surface area (Å²) in [5, 5.41) is 0. The molecule has 0 bridgehead atoms. The van der Waals surface area contributed by atoms with E-state index in [-0.39, 0.29) is 6.54 Å². The normalized spacial score (nSPS) is 12.3. The first-order valence-electron chi connectivity index (χ1n) is 5.86. The molecule has 0 spiro atoms. The van der Waals surface area contributed by atoms with Crippen molar-refractivity contribution < 1.29 is 13.2 Å². The Morgan fingerprint density at radius 1 is 1.32 bits per heavy atom. The van der Waals surface area contributed by atoms with Crippen molar-refractivity contribution in [3.05, 3.63) is 23.8 Å². The van der Waals surface area contributed by atoms with Crippen LogP contribution in [0.1, 0.15) is 26.3 Å². The van der Waals surface area contributed by atoms with Crippen LogP contribution in [0.4, 0.5) is 5.69 Å². The van der Waals surface area contributed by atoms with Gasteiger partial charge >= 0.3 is 0 Å². The van der Waals surface area contributed by atoms with Crippen molar-refractivity contribution >= 4 is 15.9 Å². The smallest absolute Gasteiger partial charge is 0.299 e. The Labute approximate surface area is 114 Å². The molecule has 7 heteroatoms. The second kappa shape index (κ2) is 5.77. The maximum Gasteiger partial charge on any atom is 0.299 e. The molecule has 1 aromatic carbocycles. The van der Waals surface area contributed by atoms with Crippen molar-refractivity contribution in [2.45, 2.75) is 32.9 Å². The molecule has 6 nitrogen and oxygen atoms in total. The highest BCUT2D eigenvalue weighted by molar-refractivity contribution is 7.90. The molecule has 0 amide bonds. The zero-order chi connectivity index (χ0) is 14.7. The third-order valence-electron chi connectivity index (χ3n) is 2.23. The lowest BCUT2D eigenvalue weighted by Crippen LogP contribution is -2.43. The van der Waals surface area contributed by atoms with Crippen LogP contribution < -0.4 is 19.9 Å². The number of methoxy groups -OCH3 is 1. The Balaban J connectivity index is 3.11. The Bertz CT molecular complexity index is 513. The maximum atomic E-state index is 12.0. The molecule has 0 aliphatic rings. The van der Waals surface area contributed by atoms with Crippen molar-refractivity contribution in [2.75, 3.05) is 11.8 Å². The number of nitrogens with one attached hydrogen (secondary N) is 2. The minimum absolute atomic E-state index is 0.213. The van der Waals surface area contributed by atoms with Gasteiger partial charge in [0.05, 0.1) is 12.8 Å². The van der Waals surface area contributed by atoms with Crippen molar-refractivity contribution in [3.63, 3.8) is 0 Å². The predicted molar refractivity (Wildman–Crippen MR) is 76.3 cm³/mol. The number of hydrogen-bond acceptors (Lipinski definition) is 4. The molecule has 0 saturated carbocycles. The summed E-state index contributed by atoms with van der Waals surface area (Å²) in [4.78, 5) is 0. The molecule has 0 fully saturated rings. The number of rotatable bonds is 5. The summed E-state index contributed by atoms with van der Waals surface area (Å²) in [5.74, 6) is 0.433. The van der Waals surface area contributed by atoms with Gasteiger partial charge in [0.25, 0.3) is 10.2 Å². The van der Waals surface area contributed by atoms with Crippen LogP contribution in [-0.2, 0) is 16.8 Å². The van der Waals surface area contributed by atoms with Crippen LogP contribution >= 0.6 is 0 Å². The van der Waals surface area contributed by atoms with E-state index in [4.69, 9.17) is 10.5 Å². The molecule has 0 saturated heterocycles. The van der Waals surface area contributed by atoms with Gasteiger partial charge in [-0.05, 0) is 32.4 Å². The van der Waals surface area contributed by atoms with E-state index in [1.165, 1.54) is 7.11 Å². The van der Waals surface area contributed by atoms with Gasteiger partial charge in [0.1, 0.15) is 5.75 Å². The fraction of sp³-hybridized carbons (Fsp3) is 0.500. The molecule has 0 unspecified atom stereocenters. The summed E-state index contributed by atoms with van der Waals surface area (Å²) < 4.78 is 34.2. The Morgan fingerprint density at radius 2 is 1.95 bits per heavy atom. The van der Waals surface area contributed by atoms with Gasteiger partial charge in [-0.15, -0.1) is 0 Å². The predicted octanol–water partition coefficient (Wildman–Crippen LogP) is 1.20. The summed E-state index contributed by atoms with van der Waals surface area (Å²) >= 11 is 0. The van der Waals surface area contributed by atoms with E-state index in [0.29, 0.717) is 17.0 Å².